The van der Waals surface area contributed by atoms with E-state index < -0.39 is 6.04 Å². The highest BCUT2D eigenvalue weighted by atomic mass is 32.1. The standard InChI is InChI=1S/C16H15N5O2S/c1-10-14(24-9-17-10)16(23)20-13(11-5-3-2-4-6-11)15(22)19-12-7-8-18-21-12/h2-9,13H,1H3,(H,20,23)(H2,18,19,21,22)/t13-/m1/s1. The Balaban J connectivity index is 1.84. The molecule has 3 rings (SSSR count). The quantitative estimate of drug-likeness (QED) is 0.663. The normalized spacial score (nSPS) is 11.7. The molecule has 8 heteroatoms. The summed E-state index contributed by atoms with van der Waals surface area (Å²) in [4.78, 5) is 29.6. The van der Waals surface area contributed by atoms with Crippen molar-refractivity contribution in [3.05, 3.63) is 64.2 Å². The molecule has 7 nitrogen and oxygen atoms in total. The third-order valence-electron chi connectivity index (χ3n) is 3.38. The van der Waals surface area contributed by atoms with E-state index in [2.05, 4.69) is 25.8 Å². The van der Waals surface area contributed by atoms with Crippen LogP contribution in [0.3, 0.4) is 0 Å². The van der Waals surface area contributed by atoms with Gasteiger partial charge < -0.3 is 10.6 Å². The van der Waals surface area contributed by atoms with Gasteiger partial charge in [0.25, 0.3) is 11.8 Å². The maximum Gasteiger partial charge on any atom is 0.264 e. The Hall–Kier alpha value is -3.00. The van der Waals surface area contributed by atoms with Crippen LogP contribution in [0.4, 0.5) is 5.82 Å². The zero-order valence-corrected chi connectivity index (χ0v) is 13.6. The lowest BCUT2D eigenvalue weighted by atomic mass is 10.1. The number of amides is 2. The summed E-state index contributed by atoms with van der Waals surface area (Å²) in [6, 6.07) is 9.86. The molecule has 2 heterocycles. The highest BCUT2D eigenvalue weighted by molar-refractivity contribution is 7.11. The van der Waals surface area contributed by atoms with E-state index in [4.69, 9.17) is 0 Å². The predicted molar refractivity (Wildman–Crippen MR) is 90.7 cm³/mol. The van der Waals surface area contributed by atoms with Gasteiger partial charge in [-0.3, -0.25) is 14.7 Å². The molecule has 3 aromatic rings. The van der Waals surface area contributed by atoms with Gasteiger partial charge in [-0.25, -0.2) is 4.98 Å². The number of benzene rings is 1. The lowest BCUT2D eigenvalue weighted by molar-refractivity contribution is -0.118. The number of aromatic nitrogens is 3. The topological polar surface area (TPSA) is 99.8 Å². The molecular formula is C16H15N5O2S. The van der Waals surface area contributed by atoms with Crippen molar-refractivity contribution in [3.63, 3.8) is 0 Å². The van der Waals surface area contributed by atoms with E-state index in [1.807, 2.05) is 18.2 Å². The van der Waals surface area contributed by atoms with Crippen LogP contribution < -0.4 is 10.6 Å². The number of aryl methyl sites for hydroxylation is 1. The van der Waals surface area contributed by atoms with Gasteiger partial charge in [0.2, 0.25) is 0 Å². The van der Waals surface area contributed by atoms with Gasteiger partial charge in [-0.05, 0) is 12.5 Å². The molecule has 0 aliphatic heterocycles. The smallest absolute Gasteiger partial charge is 0.264 e. The molecule has 0 saturated carbocycles. The first-order chi connectivity index (χ1) is 11.6. The monoisotopic (exact) mass is 341 g/mol. The fraction of sp³-hybridized carbons (Fsp3) is 0.125. The number of hydrogen-bond donors (Lipinski definition) is 3. The molecule has 122 valence electrons. The van der Waals surface area contributed by atoms with Crippen LogP contribution >= 0.6 is 11.3 Å². The second kappa shape index (κ2) is 7.05. The summed E-state index contributed by atoms with van der Waals surface area (Å²) in [5.41, 5.74) is 2.93. The SMILES string of the molecule is Cc1ncsc1C(=O)N[C@@H](C(=O)Nc1ccn[nH]1)c1ccccc1. The zero-order chi connectivity index (χ0) is 16.9. The van der Waals surface area contributed by atoms with Gasteiger partial charge in [0.05, 0.1) is 17.4 Å². The predicted octanol–water partition coefficient (Wildman–Crippen LogP) is 2.28. The largest absolute Gasteiger partial charge is 0.336 e. The lowest BCUT2D eigenvalue weighted by Crippen LogP contribution is -2.37. The number of carbonyl (C=O) groups excluding carboxylic acids is 2. The van der Waals surface area contributed by atoms with Gasteiger partial charge in [-0.1, -0.05) is 30.3 Å². The first kappa shape index (κ1) is 15.9. The minimum atomic E-state index is -0.830. The van der Waals surface area contributed by atoms with Gasteiger partial charge in [0, 0.05) is 6.07 Å². The Morgan fingerprint density at radius 1 is 1.21 bits per heavy atom. The zero-order valence-electron chi connectivity index (χ0n) is 12.8. The summed E-state index contributed by atoms with van der Waals surface area (Å²) < 4.78 is 0. The number of H-pyrrole nitrogens is 1. The Labute approximate surface area is 142 Å². The van der Waals surface area contributed by atoms with Crippen LogP contribution in [0.1, 0.15) is 27.0 Å². The van der Waals surface area contributed by atoms with Crippen molar-refractivity contribution in [2.45, 2.75) is 13.0 Å². The maximum absolute atomic E-state index is 12.6. The molecule has 24 heavy (non-hydrogen) atoms. The lowest BCUT2D eigenvalue weighted by Gasteiger charge is -2.18. The fourth-order valence-electron chi connectivity index (χ4n) is 2.19. The number of nitrogens with zero attached hydrogens (tertiary/aromatic N) is 2. The molecule has 0 saturated heterocycles. The molecule has 2 aromatic heterocycles. The highest BCUT2D eigenvalue weighted by Crippen LogP contribution is 2.18. The van der Waals surface area contributed by atoms with E-state index >= 15 is 0 Å². The van der Waals surface area contributed by atoms with Crippen LogP contribution in [0.5, 0.6) is 0 Å². The second-order valence-corrected chi connectivity index (χ2v) is 5.90. The maximum atomic E-state index is 12.6. The number of hydrogen-bond acceptors (Lipinski definition) is 5. The van der Waals surface area contributed by atoms with Gasteiger partial charge >= 0.3 is 0 Å². The number of nitrogens with one attached hydrogen (secondary N) is 3. The number of aromatic amines is 1. The van der Waals surface area contributed by atoms with Gasteiger partial charge in [-0.15, -0.1) is 11.3 Å². The van der Waals surface area contributed by atoms with E-state index in [0.717, 1.165) is 0 Å². The summed E-state index contributed by atoms with van der Waals surface area (Å²) in [6.45, 7) is 1.76. The van der Waals surface area contributed by atoms with Crippen molar-refractivity contribution in [1.29, 1.82) is 0 Å². The minimum absolute atomic E-state index is 0.330. The Morgan fingerprint density at radius 3 is 2.62 bits per heavy atom. The van der Waals surface area contributed by atoms with Crippen LogP contribution in [0, 0.1) is 6.92 Å². The van der Waals surface area contributed by atoms with E-state index in [-0.39, 0.29) is 11.8 Å². The van der Waals surface area contributed by atoms with E-state index in [0.29, 0.717) is 22.0 Å². The average molecular weight is 341 g/mol. The van der Waals surface area contributed by atoms with Crippen LogP contribution in [-0.4, -0.2) is 27.0 Å². The Morgan fingerprint density at radius 2 is 2.00 bits per heavy atom. The molecule has 0 radical (unpaired) electrons. The summed E-state index contributed by atoms with van der Waals surface area (Å²) in [7, 11) is 0. The van der Waals surface area contributed by atoms with E-state index in [9.17, 15) is 9.59 Å². The summed E-state index contributed by atoms with van der Waals surface area (Å²) in [5.74, 6) is -0.228. The molecule has 0 unspecified atom stereocenters. The van der Waals surface area contributed by atoms with Crippen molar-refractivity contribution in [3.8, 4) is 0 Å². The number of thiazole rings is 1. The van der Waals surface area contributed by atoms with E-state index in [1.54, 1.807) is 30.6 Å². The Kier molecular flexibility index (Phi) is 4.66. The van der Waals surface area contributed by atoms with Crippen molar-refractivity contribution in [2.24, 2.45) is 0 Å². The van der Waals surface area contributed by atoms with Crippen molar-refractivity contribution in [2.75, 3.05) is 5.32 Å². The molecule has 0 spiro atoms. The molecule has 1 aromatic carbocycles. The second-order valence-electron chi connectivity index (χ2n) is 5.04. The number of carbonyl (C=O) groups is 2. The molecular weight excluding hydrogens is 326 g/mol. The molecule has 0 aliphatic rings. The van der Waals surface area contributed by atoms with Gasteiger partial charge in [0.15, 0.2) is 0 Å². The molecule has 1 atom stereocenters. The van der Waals surface area contributed by atoms with E-state index in [1.165, 1.54) is 17.5 Å². The van der Waals surface area contributed by atoms with Crippen molar-refractivity contribution in [1.82, 2.24) is 20.5 Å². The summed E-state index contributed by atoms with van der Waals surface area (Å²) in [5, 5.41) is 11.9. The molecule has 0 aliphatic carbocycles. The summed E-state index contributed by atoms with van der Waals surface area (Å²) in [6.07, 6.45) is 1.53. The van der Waals surface area contributed by atoms with Crippen molar-refractivity contribution >= 4 is 29.0 Å². The average Bonchev–Trinajstić information content (AvgIpc) is 3.24. The first-order valence-electron chi connectivity index (χ1n) is 7.21. The van der Waals surface area contributed by atoms with Crippen molar-refractivity contribution < 1.29 is 9.59 Å². The van der Waals surface area contributed by atoms with Crippen LogP contribution in [0.15, 0.2) is 48.1 Å². The highest BCUT2D eigenvalue weighted by Gasteiger charge is 2.25. The van der Waals surface area contributed by atoms with Gasteiger partial charge in [-0.2, -0.15) is 5.10 Å². The fourth-order valence-corrected chi connectivity index (χ4v) is 2.90. The third-order valence-corrected chi connectivity index (χ3v) is 4.31. The first-order valence-corrected chi connectivity index (χ1v) is 8.09. The molecule has 0 fully saturated rings. The molecule has 0 bridgehead atoms. The number of anilines is 1. The molecule has 3 N–H and O–H groups in total. The third kappa shape index (κ3) is 3.49. The summed E-state index contributed by atoms with van der Waals surface area (Å²) >= 11 is 1.24. The number of rotatable bonds is 5. The van der Waals surface area contributed by atoms with Crippen LogP contribution in [0.25, 0.3) is 0 Å². The van der Waals surface area contributed by atoms with Crippen LogP contribution in [-0.2, 0) is 4.79 Å². The minimum Gasteiger partial charge on any atom is -0.336 e. The Bertz CT molecular complexity index is 829. The molecule has 2 amide bonds. The van der Waals surface area contributed by atoms with Gasteiger partial charge in [0.1, 0.15) is 16.7 Å². The van der Waals surface area contributed by atoms with Crippen LogP contribution in [0.2, 0.25) is 0 Å².